The second-order valence-electron chi connectivity index (χ2n) is 6.08. The van der Waals surface area contributed by atoms with E-state index in [0.717, 1.165) is 26.7 Å². The van der Waals surface area contributed by atoms with Crippen LogP contribution in [0.15, 0.2) is 104 Å². The van der Waals surface area contributed by atoms with Crippen LogP contribution in [0, 0.1) is 0 Å². The van der Waals surface area contributed by atoms with E-state index >= 15 is 0 Å². The maximum atomic E-state index is 12.1. The SMILES string of the molecule is C=CCC(=C)c1ccccc1[Si](O)(c1ccccc1)c1ccccc1. The molecule has 0 spiro atoms. The van der Waals surface area contributed by atoms with Crippen molar-refractivity contribution in [2.24, 2.45) is 0 Å². The van der Waals surface area contributed by atoms with Crippen LogP contribution in [0.1, 0.15) is 12.0 Å². The Kier molecular flexibility index (Phi) is 5.13. The van der Waals surface area contributed by atoms with Crippen molar-refractivity contribution < 1.29 is 4.80 Å². The highest BCUT2D eigenvalue weighted by molar-refractivity contribution is 7.06. The minimum absolute atomic E-state index is 0.699. The van der Waals surface area contributed by atoms with Gasteiger partial charge in [-0.15, -0.1) is 6.58 Å². The van der Waals surface area contributed by atoms with Crippen LogP contribution in [0.5, 0.6) is 0 Å². The number of rotatable bonds is 6. The summed E-state index contributed by atoms with van der Waals surface area (Å²) in [4.78, 5) is 12.1. The summed E-state index contributed by atoms with van der Waals surface area (Å²) in [5.74, 6) is 0. The summed E-state index contributed by atoms with van der Waals surface area (Å²) in [6, 6.07) is 28.0. The summed E-state index contributed by atoms with van der Waals surface area (Å²) < 4.78 is 0. The van der Waals surface area contributed by atoms with Crippen molar-refractivity contribution in [3.63, 3.8) is 0 Å². The van der Waals surface area contributed by atoms with Gasteiger partial charge in [0.15, 0.2) is 0 Å². The van der Waals surface area contributed by atoms with Crippen molar-refractivity contribution in [2.45, 2.75) is 6.42 Å². The molecule has 0 saturated carbocycles. The van der Waals surface area contributed by atoms with Crippen LogP contribution in [0.4, 0.5) is 0 Å². The zero-order valence-electron chi connectivity index (χ0n) is 14.2. The first-order chi connectivity index (χ1) is 12.2. The lowest BCUT2D eigenvalue weighted by molar-refractivity contribution is 0.583. The molecule has 0 unspecified atom stereocenters. The van der Waals surface area contributed by atoms with Gasteiger partial charge in [0.1, 0.15) is 0 Å². The largest absolute Gasteiger partial charge is 0.421 e. The van der Waals surface area contributed by atoms with Crippen molar-refractivity contribution >= 4 is 29.5 Å². The zero-order valence-corrected chi connectivity index (χ0v) is 15.2. The lowest BCUT2D eigenvalue weighted by Crippen LogP contribution is -2.68. The molecule has 25 heavy (non-hydrogen) atoms. The van der Waals surface area contributed by atoms with Gasteiger partial charge < -0.3 is 4.80 Å². The van der Waals surface area contributed by atoms with Crippen molar-refractivity contribution in [1.29, 1.82) is 0 Å². The fourth-order valence-corrected chi connectivity index (χ4v) is 6.52. The Morgan fingerprint density at radius 1 is 0.800 bits per heavy atom. The van der Waals surface area contributed by atoms with Gasteiger partial charge in [0, 0.05) is 0 Å². The fourth-order valence-electron chi connectivity index (χ4n) is 3.23. The summed E-state index contributed by atoms with van der Waals surface area (Å²) in [5, 5.41) is 2.92. The van der Waals surface area contributed by atoms with Gasteiger partial charge in [0.25, 0.3) is 8.32 Å². The third kappa shape index (κ3) is 3.27. The molecular weight excluding hydrogens is 320 g/mol. The maximum Gasteiger partial charge on any atom is 0.286 e. The summed E-state index contributed by atoms with van der Waals surface area (Å²) in [6.45, 7) is 8.04. The minimum Gasteiger partial charge on any atom is -0.421 e. The Balaban J connectivity index is 2.28. The fraction of sp³-hybridized carbons (Fsp3) is 0.0435. The molecule has 3 aromatic carbocycles. The first kappa shape index (κ1) is 17.2. The minimum atomic E-state index is -3.11. The van der Waals surface area contributed by atoms with E-state index in [1.165, 1.54) is 0 Å². The van der Waals surface area contributed by atoms with Crippen LogP contribution in [0.3, 0.4) is 0 Å². The molecular formula is C23H22OSi. The molecule has 0 aliphatic heterocycles. The van der Waals surface area contributed by atoms with E-state index in [-0.39, 0.29) is 0 Å². The van der Waals surface area contributed by atoms with Gasteiger partial charge in [-0.3, -0.25) is 0 Å². The molecule has 0 aliphatic carbocycles. The van der Waals surface area contributed by atoms with Gasteiger partial charge in [0.2, 0.25) is 0 Å². The predicted molar refractivity (Wildman–Crippen MR) is 110 cm³/mol. The second-order valence-corrected chi connectivity index (χ2v) is 9.20. The van der Waals surface area contributed by atoms with E-state index in [9.17, 15) is 4.80 Å². The first-order valence-electron chi connectivity index (χ1n) is 8.40. The lowest BCUT2D eigenvalue weighted by atomic mass is 10.0. The topological polar surface area (TPSA) is 20.2 Å². The molecule has 2 heteroatoms. The number of hydrogen-bond donors (Lipinski definition) is 1. The van der Waals surface area contributed by atoms with Gasteiger partial charge in [0.05, 0.1) is 0 Å². The molecule has 3 rings (SSSR count). The van der Waals surface area contributed by atoms with Gasteiger partial charge in [-0.2, -0.15) is 0 Å². The van der Waals surface area contributed by atoms with Gasteiger partial charge in [-0.25, -0.2) is 0 Å². The van der Waals surface area contributed by atoms with Crippen molar-refractivity contribution in [3.05, 3.63) is 110 Å². The number of hydrogen-bond acceptors (Lipinski definition) is 1. The molecule has 0 saturated heterocycles. The standard InChI is InChI=1S/C23H22OSi/c1-3-12-19(2)22-17-10-11-18-23(22)25(24,20-13-6-4-7-14-20)21-15-8-5-9-16-21/h3-11,13-18,24H,1-2,12H2. The van der Waals surface area contributed by atoms with Crippen molar-refractivity contribution in [3.8, 4) is 0 Å². The molecule has 124 valence electrons. The van der Waals surface area contributed by atoms with Crippen LogP contribution >= 0.6 is 0 Å². The highest BCUT2D eigenvalue weighted by Crippen LogP contribution is 2.17. The average Bonchev–Trinajstić information content (AvgIpc) is 2.69. The Bertz CT molecular complexity index is 829. The lowest BCUT2D eigenvalue weighted by Gasteiger charge is -2.29. The van der Waals surface area contributed by atoms with E-state index in [1.807, 2.05) is 91.0 Å². The average molecular weight is 343 g/mol. The summed E-state index contributed by atoms with van der Waals surface area (Å²) in [7, 11) is -3.11. The Labute approximate surface area is 150 Å². The van der Waals surface area contributed by atoms with Crippen LogP contribution in [-0.2, 0) is 0 Å². The van der Waals surface area contributed by atoms with Gasteiger partial charge in [-0.05, 0) is 33.1 Å². The third-order valence-corrected chi connectivity index (χ3v) is 8.02. The molecule has 3 aromatic rings. The third-order valence-electron chi connectivity index (χ3n) is 4.47. The van der Waals surface area contributed by atoms with E-state index in [1.54, 1.807) is 0 Å². The van der Waals surface area contributed by atoms with Crippen LogP contribution in [-0.4, -0.2) is 13.1 Å². The normalized spacial score (nSPS) is 11.1. The number of benzene rings is 3. The van der Waals surface area contributed by atoms with Gasteiger partial charge >= 0.3 is 0 Å². The van der Waals surface area contributed by atoms with Crippen molar-refractivity contribution in [1.82, 2.24) is 0 Å². The predicted octanol–water partition coefficient (Wildman–Crippen LogP) is 3.24. The highest BCUT2D eigenvalue weighted by Gasteiger charge is 2.39. The van der Waals surface area contributed by atoms with E-state index in [0.29, 0.717) is 6.42 Å². The maximum absolute atomic E-state index is 12.1. The Morgan fingerprint density at radius 2 is 1.28 bits per heavy atom. The molecule has 1 nitrogen and oxygen atoms in total. The van der Waals surface area contributed by atoms with E-state index < -0.39 is 8.32 Å². The van der Waals surface area contributed by atoms with E-state index in [4.69, 9.17) is 0 Å². The quantitative estimate of drug-likeness (QED) is 0.414. The highest BCUT2D eigenvalue weighted by atomic mass is 28.4. The molecule has 0 aromatic heterocycles. The summed E-state index contributed by atoms with van der Waals surface area (Å²) in [5.41, 5.74) is 1.99. The molecule has 1 N–H and O–H groups in total. The molecule has 0 bridgehead atoms. The van der Waals surface area contributed by atoms with Gasteiger partial charge in [-0.1, -0.05) is 97.6 Å². The Morgan fingerprint density at radius 3 is 1.80 bits per heavy atom. The van der Waals surface area contributed by atoms with Crippen LogP contribution in [0.25, 0.3) is 5.57 Å². The first-order valence-corrected chi connectivity index (χ1v) is 10.3. The van der Waals surface area contributed by atoms with Crippen LogP contribution in [0.2, 0.25) is 0 Å². The zero-order chi connectivity index (χ0) is 17.7. The molecule has 0 fully saturated rings. The second kappa shape index (κ2) is 7.47. The smallest absolute Gasteiger partial charge is 0.286 e. The monoisotopic (exact) mass is 342 g/mol. The van der Waals surface area contributed by atoms with Crippen LogP contribution < -0.4 is 15.6 Å². The molecule has 0 aliphatic rings. The Hall–Kier alpha value is -2.68. The molecule has 0 amide bonds. The van der Waals surface area contributed by atoms with E-state index in [2.05, 4.69) is 13.2 Å². The molecule has 0 heterocycles. The van der Waals surface area contributed by atoms with Crippen molar-refractivity contribution in [2.75, 3.05) is 0 Å². The summed E-state index contributed by atoms with van der Waals surface area (Å²) in [6.07, 6.45) is 2.55. The molecule has 0 atom stereocenters. The number of allylic oxidation sites excluding steroid dienone is 2. The summed E-state index contributed by atoms with van der Waals surface area (Å²) >= 11 is 0. The molecule has 0 radical (unpaired) electrons.